The molecule has 0 aliphatic heterocycles. The van der Waals surface area contributed by atoms with Crippen LogP contribution in [0.1, 0.15) is 44.9 Å². The second-order valence-corrected chi connectivity index (χ2v) is 9.64. The summed E-state index contributed by atoms with van der Waals surface area (Å²) in [7, 11) is -3.71. The molecule has 1 heterocycles. The van der Waals surface area contributed by atoms with Crippen LogP contribution >= 0.6 is 0 Å². The van der Waals surface area contributed by atoms with Gasteiger partial charge in [0.25, 0.3) is 11.8 Å². The van der Waals surface area contributed by atoms with Crippen molar-refractivity contribution >= 4 is 21.8 Å². The molecule has 1 saturated carbocycles. The quantitative estimate of drug-likeness (QED) is 0.481. The number of hydrogen-bond donors (Lipinski definition) is 3. The number of aryl methyl sites for hydroxylation is 1. The lowest BCUT2D eigenvalue weighted by Crippen LogP contribution is -2.41. The molecule has 0 atom stereocenters. The van der Waals surface area contributed by atoms with Crippen molar-refractivity contribution in [2.24, 2.45) is 0 Å². The van der Waals surface area contributed by atoms with Gasteiger partial charge in [-0.05, 0) is 75.2 Å². The van der Waals surface area contributed by atoms with Gasteiger partial charge in [-0.15, -0.1) is 0 Å². The number of amides is 2. The minimum absolute atomic E-state index is 0.0174. The lowest BCUT2D eigenvalue weighted by atomic mass is 10.2. The number of hydrazine groups is 1. The fourth-order valence-electron chi connectivity index (χ4n) is 3.53. The fraction of sp³-hybridized carbons (Fsp3) is 0.217. The van der Waals surface area contributed by atoms with Gasteiger partial charge in [-0.1, -0.05) is 6.07 Å². The Morgan fingerprint density at radius 3 is 2.30 bits per heavy atom. The van der Waals surface area contributed by atoms with Crippen LogP contribution in [0, 0.1) is 19.7 Å². The number of halogens is 1. The topological polar surface area (TPSA) is 109 Å². The van der Waals surface area contributed by atoms with Crippen molar-refractivity contribution in [3.8, 4) is 5.69 Å². The van der Waals surface area contributed by atoms with Crippen LogP contribution in [0.4, 0.5) is 4.39 Å². The van der Waals surface area contributed by atoms with Gasteiger partial charge in [-0.3, -0.25) is 20.4 Å². The number of sulfonamides is 1. The Morgan fingerprint density at radius 1 is 0.970 bits per heavy atom. The van der Waals surface area contributed by atoms with Crippen molar-refractivity contribution in [1.82, 2.24) is 20.1 Å². The molecule has 1 fully saturated rings. The third kappa shape index (κ3) is 4.96. The van der Waals surface area contributed by atoms with Crippen molar-refractivity contribution in [1.29, 1.82) is 0 Å². The highest BCUT2D eigenvalue weighted by Crippen LogP contribution is 2.23. The predicted octanol–water partition coefficient (Wildman–Crippen LogP) is 2.75. The maximum Gasteiger partial charge on any atom is 0.271 e. The van der Waals surface area contributed by atoms with Crippen LogP contribution in [-0.4, -0.2) is 30.8 Å². The molecule has 2 amide bonds. The summed E-state index contributed by atoms with van der Waals surface area (Å²) in [6.45, 7) is 3.56. The maximum atomic E-state index is 13.3. The molecule has 3 aromatic rings. The van der Waals surface area contributed by atoms with E-state index in [1.165, 1.54) is 36.4 Å². The van der Waals surface area contributed by atoms with E-state index >= 15 is 0 Å². The van der Waals surface area contributed by atoms with E-state index in [0.29, 0.717) is 16.9 Å². The molecule has 0 bridgehead atoms. The van der Waals surface area contributed by atoms with Gasteiger partial charge in [-0.25, -0.2) is 17.5 Å². The highest BCUT2D eigenvalue weighted by Gasteiger charge is 2.28. The molecule has 2 aromatic carbocycles. The van der Waals surface area contributed by atoms with Gasteiger partial charge < -0.3 is 4.57 Å². The largest absolute Gasteiger partial charge is 0.318 e. The predicted molar refractivity (Wildman–Crippen MR) is 120 cm³/mol. The first-order chi connectivity index (χ1) is 15.7. The lowest BCUT2D eigenvalue weighted by Gasteiger charge is -2.11. The van der Waals surface area contributed by atoms with E-state index < -0.39 is 21.8 Å². The molecule has 1 aliphatic carbocycles. The molecule has 33 heavy (non-hydrogen) atoms. The number of benzene rings is 2. The van der Waals surface area contributed by atoms with E-state index in [0.717, 1.165) is 18.5 Å². The highest BCUT2D eigenvalue weighted by atomic mass is 32.2. The minimum atomic E-state index is -3.71. The monoisotopic (exact) mass is 470 g/mol. The van der Waals surface area contributed by atoms with Crippen LogP contribution < -0.4 is 15.6 Å². The molecule has 0 saturated heterocycles. The number of rotatable bonds is 6. The highest BCUT2D eigenvalue weighted by molar-refractivity contribution is 7.89. The fourth-order valence-corrected chi connectivity index (χ4v) is 4.88. The first kappa shape index (κ1) is 22.7. The zero-order chi connectivity index (χ0) is 23.8. The van der Waals surface area contributed by atoms with E-state index in [9.17, 15) is 22.4 Å². The molecule has 1 aliphatic rings. The molecular weight excluding hydrogens is 447 g/mol. The standard InChI is InChI=1S/C23H23FN4O4S/c1-14-12-21(15(2)28(14)19-10-6-17(24)7-11-19)23(30)26-25-22(29)16-4-3-5-20(13-16)33(31,32)27-18-8-9-18/h3-7,10-13,18,27H,8-9H2,1-2H3,(H,25,29)(H,26,30). The zero-order valence-electron chi connectivity index (χ0n) is 18.1. The lowest BCUT2D eigenvalue weighted by molar-refractivity contribution is 0.0846. The molecule has 0 unspecified atom stereocenters. The Bertz CT molecular complexity index is 1330. The van der Waals surface area contributed by atoms with Gasteiger partial charge in [0.05, 0.1) is 10.5 Å². The van der Waals surface area contributed by atoms with Crippen molar-refractivity contribution in [2.45, 2.75) is 37.6 Å². The van der Waals surface area contributed by atoms with Crippen molar-refractivity contribution in [3.63, 3.8) is 0 Å². The van der Waals surface area contributed by atoms with Gasteiger partial charge in [0.15, 0.2) is 0 Å². The van der Waals surface area contributed by atoms with Crippen molar-refractivity contribution in [2.75, 3.05) is 0 Å². The Kier molecular flexibility index (Phi) is 6.05. The molecule has 1 aromatic heterocycles. The van der Waals surface area contributed by atoms with Crippen LogP contribution in [0.3, 0.4) is 0 Å². The van der Waals surface area contributed by atoms with Crippen molar-refractivity contribution in [3.05, 3.63) is 82.9 Å². The number of carbonyl (C=O) groups excluding carboxylic acids is 2. The Morgan fingerprint density at radius 2 is 1.64 bits per heavy atom. The van der Waals surface area contributed by atoms with Crippen LogP contribution in [0.2, 0.25) is 0 Å². The van der Waals surface area contributed by atoms with E-state index in [-0.39, 0.29) is 22.3 Å². The minimum Gasteiger partial charge on any atom is -0.318 e. The summed E-state index contributed by atoms with van der Waals surface area (Å²) < 4.78 is 42.4. The number of aromatic nitrogens is 1. The average Bonchev–Trinajstić information content (AvgIpc) is 3.54. The van der Waals surface area contributed by atoms with E-state index in [1.54, 1.807) is 29.7 Å². The Labute approximate surface area is 190 Å². The second kappa shape index (κ2) is 8.80. The van der Waals surface area contributed by atoms with Gasteiger partial charge in [0, 0.05) is 28.7 Å². The van der Waals surface area contributed by atoms with Crippen molar-refractivity contribution < 1.29 is 22.4 Å². The van der Waals surface area contributed by atoms with Crippen LogP contribution in [0.5, 0.6) is 0 Å². The van der Waals surface area contributed by atoms with E-state index in [4.69, 9.17) is 0 Å². The molecule has 10 heteroatoms. The summed E-state index contributed by atoms with van der Waals surface area (Å²) in [4.78, 5) is 25.2. The van der Waals surface area contributed by atoms with Crippen LogP contribution in [0.25, 0.3) is 5.69 Å². The summed E-state index contributed by atoms with van der Waals surface area (Å²) in [5.74, 6) is -1.55. The number of nitrogens with one attached hydrogen (secondary N) is 3. The van der Waals surface area contributed by atoms with Gasteiger partial charge in [0.2, 0.25) is 10.0 Å². The molecule has 4 rings (SSSR count). The number of nitrogens with zero attached hydrogens (tertiary/aromatic N) is 1. The van der Waals surface area contributed by atoms with Gasteiger partial charge in [-0.2, -0.15) is 0 Å². The van der Waals surface area contributed by atoms with Crippen LogP contribution in [-0.2, 0) is 10.0 Å². The van der Waals surface area contributed by atoms with E-state index in [1.807, 2.05) is 6.92 Å². The number of hydrogen-bond acceptors (Lipinski definition) is 4. The first-order valence-electron chi connectivity index (χ1n) is 10.3. The summed E-state index contributed by atoms with van der Waals surface area (Å²) >= 11 is 0. The third-order valence-corrected chi connectivity index (χ3v) is 6.87. The summed E-state index contributed by atoms with van der Waals surface area (Å²) in [6.07, 6.45) is 1.60. The average molecular weight is 471 g/mol. The van der Waals surface area contributed by atoms with Gasteiger partial charge >= 0.3 is 0 Å². The summed E-state index contributed by atoms with van der Waals surface area (Å²) in [5, 5.41) is 0. The molecule has 3 N–H and O–H groups in total. The number of carbonyl (C=O) groups is 2. The second-order valence-electron chi connectivity index (χ2n) is 7.93. The normalized spacial score (nSPS) is 13.5. The summed E-state index contributed by atoms with van der Waals surface area (Å²) in [5.41, 5.74) is 7.18. The molecule has 0 radical (unpaired) electrons. The third-order valence-electron chi connectivity index (χ3n) is 5.36. The van der Waals surface area contributed by atoms with Gasteiger partial charge in [0.1, 0.15) is 5.82 Å². The maximum absolute atomic E-state index is 13.3. The Hall–Kier alpha value is -3.50. The molecule has 8 nitrogen and oxygen atoms in total. The molecule has 172 valence electrons. The SMILES string of the molecule is Cc1cc(C(=O)NNC(=O)c2cccc(S(=O)(=O)NC3CC3)c2)c(C)n1-c1ccc(F)cc1. The molecular formula is C23H23FN4O4S. The first-order valence-corrected chi connectivity index (χ1v) is 11.8. The zero-order valence-corrected chi connectivity index (χ0v) is 18.9. The molecule has 0 spiro atoms. The smallest absolute Gasteiger partial charge is 0.271 e. The van der Waals surface area contributed by atoms with Crippen LogP contribution in [0.15, 0.2) is 59.5 Å². The van der Waals surface area contributed by atoms with E-state index in [2.05, 4.69) is 15.6 Å². The summed E-state index contributed by atoms with van der Waals surface area (Å²) in [6, 6.07) is 13.1. The Balaban J connectivity index is 1.46.